The van der Waals surface area contributed by atoms with Crippen LogP contribution in [-0.4, -0.2) is 13.1 Å². The molecule has 19 heavy (non-hydrogen) atoms. The molecule has 2 N–H and O–H groups in total. The lowest BCUT2D eigenvalue weighted by atomic mass is 10.1. The molecule has 0 saturated carbocycles. The normalized spacial score (nSPS) is 16.8. The van der Waals surface area contributed by atoms with E-state index in [1.165, 1.54) is 25.0 Å². The highest BCUT2D eigenvalue weighted by Crippen LogP contribution is 2.23. The molecule has 1 aliphatic rings. The molecule has 1 aromatic carbocycles. The van der Waals surface area contributed by atoms with Gasteiger partial charge in [0.05, 0.1) is 0 Å². The molecule has 0 bridgehead atoms. The van der Waals surface area contributed by atoms with Crippen molar-refractivity contribution in [3.63, 3.8) is 0 Å². The lowest BCUT2D eigenvalue weighted by Crippen LogP contribution is -2.23. The van der Waals surface area contributed by atoms with E-state index in [4.69, 9.17) is 11.0 Å². The second kappa shape index (κ2) is 6.24. The highest BCUT2D eigenvalue weighted by Gasteiger charge is 2.11. The third-order valence-corrected chi connectivity index (χ3v) is 3.40. The second-order valence-corrected chi connectivity index (χ2v) is 4.82. The summed E-state index contributed by atoms with van der Waals surface area (Å²) in [5.41, 5.74) is 6.68. The van der Waals surface area contributed by atoms with Crippen LogP contribution in [0.4, 0.5) is 10.1 Å². The fourth-order valence-electron chi connectivity index (χ4n) is 2.36. The number of rotatable bonds is 2. The molecule has 1 aromatic rings. The molecule has 1 aliphatic heterocycles. The van der Waals surface area contributed by atoms with E-state index < -0.39 is 0 Å². The summed E-state index contributed by atoms with van der Waals surface area (Å²) in [5, 5.41) is 8.60. The number of nitrogens with zero attached hydrogens (tertiary/aromatic N) is 2. The molecule has 0 aromatic heterocycles. The molecular weight excluding hydrogens is 241 g/mol. The van der Waals surface area contributed by atoms with Crippen LogP contribution < -0.4 is 10.6 Å². The van der Waals surface area contributed by atoms with E-state index in [9.17, 15) is 4.39 Å². The lowest BCUT2D eigenvalue weighted by Gasteiger charge is -2.22. The van der Waals surface area contributed by atoms with Crippen molar-refractivity contribution in [2.24, 2.45) is 5.73 Å². The second-order valence-electron chi connectivity index (χ2n) is 4.82. The van der Waals surface area contributed by atoms with Crippen molar-refractivity contribution in [3.05, 3.63) is 35.3 Å². The minimum Gasteiger partial charge on any atom is -0.390 e. The SMILES string of the molecule is N#C/C(N)=C/c1ccc(N2CCCCCC2)cc1F. The van der Waals surface area contributed by atoms with Crippen molar-refractivity contribution in [3.8, 4) is 6.07 Å². The molecule has 0 amide bonds. The van der Waals surface area contributed by atoms with Crippen LogP contribution >= 0.6 is 0 Å². The van der Waals surface area contributed by atoms with E-state index >= 15 is 0 Å². The monoisotopic (exact) mass is 259 g/mol. The first kappa shape index (κ1) is 13.4. The summed E-state index contributed by atoms with van der Waals surface area (Å²) in [6.45, 7) is 1.96. The standard InChI is InChI=1S/C15H18FN3/c16-15-10-14(19-7-3-1-2-4-8-19)6-5-12(15)9-13(18)11-17/h5-6,9-10H,1-4,7-8,18H2/b13-9-. The van der Waals surface area contributed by atoms with Crippen molar-refractivity contribution >= 4 is 11.8 Å². The lowest BCUT2D eigenvalue weighted by molar-refractivity contribution is 0.623. The summed E-state index contributed by atoms with van der Waals surface area (Å²) < 4.78 is 14.0. The maximum absolute atomic E-state index is 14.0. The van der Waals surface area contributed by atoms with Gasteiger partial charge in [0.15, 0.2) is 0 Å². The number of nitrogens with two attached hydrogens (primary N) is 1. The van der Waals surface area contributed by atoms with E-state index in [0.29, 0.717) is 5.56 Å². The van der Waals surface area contributed by atoms with Gasteiger partial charge in [-0.25, -0.2) is 4.39 Å². The number of hydrogen-bond donors (Lipinski definition) is 1. The molecule has 1 fully saturated rings. The van der Waals surface area contributed by atoms with Gasteiger partial charge in [-0.1, -0.05) is 12.8 Å². The van der Waals surface area contributed by atoms with Gasteiger partial charge in [0, 0.05) is 24.3 Å². The van der Waals surface area contributed by atoms with Gasteiger partial charge in [-0.15, -0.1) is 0 Å². The number of nitriles is 1. The van der Waals surface area contributed by atoms with Crippen LogP contribution in [0.5, 0.6) is 0 Å². The summed E-state index contributed by atoms with van der Waals surface area (Å²) in [6, 6.07) is 6.89. The van der Waals surface area contributed by atoms with E-state index in [1.54, 1.807) is 12.1 Å². The van der Waals surface area contributed by atoms with Gasteiger partial charge in [0.2, 0.25) is 0 Å². The van der Waals surface area contributed by atoms with Gasteiger partial charge in [-0.05, 0) is 37.1 Å². The fourth-order valence-corrected chi connectivity index (χ4v) is 2.36. The van der Waals surface area contributed by atoms with Crippen molar-refractivity contribution in [2.45, 2.75) is 25.7 Å². The topological polar surface area (TPSA) is 53.1 Å². The zero-order chi connectivity index (χ0) is 13.7. The largest absolute Gasteiger partial charge is 0.390 e. The highest BCUT2D eigenvalue weighted by atomic mass is 19.1. The number of halogens is 1. The molecule has 100 valence electrons. The predicted molar refractivity (Wildman–Crippen MR) is 74.9 cm³/mol. The Morgan fingerprint density at radius 1 is 1.26 bits per heavy atom. The maximum Gasteiger partial charge on any atom is 0.132 e. The number of anilines is 1. The van der Waals surface area contributed by atoms with Crippen molar-refractivity contribution in [1.82, 2.24) is 0 Å². The Morgan fingerprint density at radius 3 is 2.53 bits per heavy atom. The molecule has 1 heterocycles. The fraction of sp³-hybridized carbons (Fsp3) is 0.400. The highest BCUT2D eigenvalue weighted by molar-refractivity contribution is 5.60. The minimum absolute atomic E-state index is 0.0152. The molecule has 0 atom stereocenters. The number of benzene rings is 1. The maximum atomic E-state index is 14.0. The van der Waals surface area contributed by atoms with Gasteiger partial charge in [-0.3, -0.25) is 0 Å². The number of hydrogen-bond acceptors (Lipinski definition) is 3. The van der Waals surface area contributed by atoms with Crippen LogP contribution in [0.2, 0.25) is 0 Å². The quantitative estimate of drug-likeness (QED) is 0.830. The first-order chi connectivity index (χ1) is 9.20. The van der Waals surface area contributed by atoms with Crippen LogP contribution in [0, 0.1) is 17.1 Å². The van der Waals surface area contributed by atoms with E-state index in [0.717, 1.165) is 31.6 Å². The summed E-state index contributed by atoms with van der Waals surface area (Å²) in [5.74, 6) is -0.333. The van der Waals surface area contributed by atoms with E-state index in [1.807, 2.05) is 6.07 Å². The zero-order valence-corrected chi connectivity index (χ0v) is 10.9. The van der Waals surface area contributed by atoms with Crippen LogP contribution in [-0.2, 0) is 0 Å². The molecule has 4 heteroatoms. The van der Waals surface area contributed by atoms with E-state index in [2.05, 4.69) is 4.90 Å². The molecule has 3 nitrogen and oxygen atoms in total. The molecular formula is C15H18FN3. The summed E-state index contributed by atoms with van der Waals surface area (Å²) in [4.78, 5) is 2.22. The van der Waals surface area contributed by atoms with E-state index in [-0.39, 0.29) is 11.5 Å². The predicted octanol–water partition coefficient (Wildman–Crippen LogP) is 3.03. The third-order valence-electron chi connectivity index (χ3n) is 3.40. The Kier molecular flexibility index (Phi) is 4.40. The average molecular weight is 259 g/mol. The Balaban J connectivity index is 2.21. The van der Waals surface area contributed by atoms with Crippen LogP contribution in [0.25, 0.3) is 6.08 Å². The third kappa shape index (κ3) is 3.47. The van der Waals surface area contributed by atoms with Gasteiger partial charge in [0.1, 0.15) is 17.6 Å². The Labute approximate surface area is 113 Å². The van der Waals surface area contributed by atoms with Crippen molar-refractivity contribution in [2.75, 3.05) is 18.0 Å². The molecule has 2 rings (SSSR count). The summed E-state index contributed by atoms with van der Waals surface area (Å²) >= 11 is 0. The molecule has 0 unspecified atom stereocenters. The summed E-state index contributed by atoms with van der Waals surface area (Å²) in [7, 11) is 0. The molecule has 1 saturated heterocycles. The first-order valence-corrected chi connectivity index (χ1v) is 6.62. The average Bonchev–Trinajstić information content (AvgIpc) is 2.69. The molecule has 0 aliphatic carbocycles. The Bertz CT molecular complexity index is 509. The molecule has 0 radical (unpaired) electrons. The minimum atomic E-state index is -0.333. The van der Waals surface area contributed by atoms with Gasteiger partial charge in [0.25, 0.3) is 0 Å². The number of allylic oxidation sites excluding steroid dienone is 1. The smallest absolute Gasteiger partial charge is 0.132 e. The van der Waals surface area contributed by atoms with Gasteiger partial charge >= 0.3 is 0 Å². The first-order valence-electron chi connectivity index (χ1n) is 6.62. The van der Waals surface area contributed by atoms with Crippen molar-refractivity contribution < 1.29 is 4.39 Å². The van der Waals surface area contributed by atoms with Gasteiger partial charge < -0.3 is 10.6 Å². The Morgan fingerprint density at radius 2 is 1.95 bits per heavy atom. The van der Waals surface area contributed by atoms with Gasteiger partial charge in [-0.2, -0.15) is 5.26 Å². The zero-order valence-electron chi connectivity index (χ0n) is 10.9. The van der Waals surface area contributed by atoms with Crippen LogP contribution in [0.15, 0.2) is 23.9 Å². The van der Waals surface area contributed by atoms with Crippen molar-refractivity contribution in [1.29, 1.82) is 5.26 Å². The summed E-state index contributed by atoms with van der Waals surface area (Å²) in [6.07, 6.45) is 6.17. The van der Waals surface area contributed by atoms with Crippen LogP contribution in [0.3, 0.4) is 0 Å². The Hall–Kier alpha value is -2.02. The van der Waals surface area contributed by atoms with Crippen LogP contribution in [0.1, 0.15) is 31.2 Å². The molecule has 0 spiro atoms.